The van der Waals surface area contributed by atoms with E-state index < -0.39 is 6.10 Å². The van der Waals surface area contributed by atoms with Crippen LogP contribution in [0, 0.1) is 0 Å². The quantitative estimate of drug-likeness (QED) is 0.294. The molecule has 1 heterocycles. The van der Waals surface area contributed by atoms with Gasteiger partial charge in [0.15, 0.2) is 0 Å². The lowest BCUT2D eigenvalue weighted by atomic mass is 9.95. The number of aromatic hydroxyl groups is 1. The van der Waals surface area contributed by atoms with E-state index in [0.29, 0.717) is 24.4 Å². The molecular weight excluding hydrogens is 468 g/mol. The van der Waals surface area contributed by atoms with E-state index >= 15 is 0 Å². The van der Waals surface area contributed by atoms with Crippen LogP contribution in [0.5, 0.6) is 11.5 Å². The Balaban J connectivity index is 1.08. The van der Waals surface area contributed by atoms with E-state index in [-0.39, 0.29) is 18.4 Å². The second-order valence-electron chi connectivity index (χ2n) is 10.3. The summed E-state index contributed by atoms with van der Waals surface area (Å²) in [5.74, 6) is 0.811. The number of piperidine rings is 1. The Kier molecular flexibility index (Phi) is 10.3. The van der Waals surface area contributed by atoms with Crippen molar-refractivity contribution in [3.63, 3.8) is 0 Å². The second-order valence-corrected chi connectivity index (χ2v) is 10.3. The summed E-state index contributed by atoms with van der Waals surface area (Å²) < 4.78 is 5.53. The van der Waals surface area contributed by atoms with Crippen LogP contribution in [0.3, 0.4) is 0 Å². The first-order valence-electron chi connectivity index (χ1n) is 13.8. The van der Waals surface area contributed by atoms with E-state index in [0.717, 1.165) is 57.4 Å². The van der Waals surface area contributed by atoms with Crippen LogP contribution in [-0.2, 0) is 6.42 Å². The molecular formula is C29H42N4O4. The van der Waals surface area contributed by atoms with E-state index in [1.54, 1.807) is 24.3 Å². The van der Waals surface area contributed by atoms with E-state index in [2.05, 4.69) is 40.2 Å². The molecule has 1 atom stereocenters. The van der Waals surface area contributed by atoms with Crippen molar-refractivity contribution in [1.82, 2.24) is 15.5 Å². The lowest BCUT2D eigenvalue weighted by Crippen LogP contribution is -2.49. The number of amides is 2. The topological polar surface area (TPSA) is 106 Å². The Bertz CT molecular complexity index is 939. The van der Waals surface area contributed by atoms with E-state index in [4.69, 9.17) is 4.74 Å². The number of aliphatic hydroxyl groups excluding tert-OH is 1. The molecule has 0 spiro atoms. The summed E-state index contributed by atoms with van der Waals surface area (Å²) in [5.41, 5.74) is 2.35. The molecule has 2 aliphatic rings. The Labute approximate surface area is 220 Å². The zero-order valence-electron chi connectivity index (χ0n) is 21.7. The van der Waals surface area contributed by atoms with Gasteiger partial charge in [-0.3, -0.25) is 0 Å². The van der Waals surface area contributed by atoms with Gasteiger partial charge in [-0.25, -0.2) is 4.79 Å². The molecule has 0 aromatic heterocycles. The second kappa shape index (κ2) is 14.1. The van der Waals surface area contributed by atoms with Crippen molar-refractivity contribution < 1.29 is 19.7 Å². The van der Waals surface area contributed by atoms with Gasteiger partial charge >= 0.3 is 6.03 Å². The number of likely N-dealkylation sites (tertiary alicyclic amines) is 1. The highest BCUT2D eigenvalue weighted by Crippen LogP contribution is 2.20. The lowest BCUT2D eigenvalue weighted by molar-refractivity contribution is 0.106. The molecule has 2 aromatic rings. The fourth-order valence-corrected chi connectivity index (χ4v) is 5.04. The summed E-state index contributed by atoms with van der Waals surface area (Å²) in [6, 6.07) is 15.9. The molecule has 37 heavy (non-hydrogen) atoms. The number of carbonyl (C=O) groups excluding carboxylic acids is 1. The Morgan fingerprint density at radius 3 is 2.35 bits per heavy atom. The molecule has 2 aromatic carbocycles. The van der Waals surface area contributed by atoms with Crippen molar-refractivity contribution in [2.75, 3.05) is 38.1 Å². The summed E-state index contributed by atoms with van der Waals surface area (Å²) in [4.78, 5) is 14.5. The predicted molar refractivity (Wildman–Crippen MR) is 146 cm³/mol. The molecule has 1 aliphatic heterocycles. The molecule has 4 rings (SSSR count). The van der Waals surface area contributed by atoms with Crippen LogP contribution in [0.15, 0.2) is 48.5 Å². The smallest absolute Gasteiger partial charge is 0.317 e. The molecule has 202 valence electrons. The standard InChI is InChI=1S/C29H42N4O4/c34-26-10-12-28(13-11-26)37-21-27(35)20-30-17-14-22-6-8-24(9-7-22)31-25-15-18-33(19-16-25)29(36)32-23-4-2-1-3-5-23/h6-13,23,25,27,30-31,34-35H,1-5,14-21H2,(H,32,36)/t27-/m0/s1. The third-order valence-corrected chi connectivity index (χ3v) is 7.29. The molecule has 0 unspecified atom stereocenters. The molecule has 8 heteroatoms. The number of phenols is 1. The van der Waals surface area contributed by atoms with Gasteiger partial charge in [0.05, 0.1) is 0 Å². The minimum absolute atomic E-state index is 0.112. The van der Waals surface area contributed by atoms with Gasteiger partial charge in [-0.2, -0.15) is 0 Å². The van der Waals surface area contributed by atoms with Crippen molar-refractivity contribution in [2.24, 2.45) is 0 Å². The third kappa shape index (κ3) is 9.13. The van der Waals surface area contributed by atoms with Crippen LogP contribution in [0.1, 0.15) is 50.5 Å². The number of aliphatic hydroxyl groups is 1. The maximum absolute atomic E-state index is 12.6. The van der Waals surface area contributed by atoms with E-state index in [1.807, 2.05) is 4.90 Å². The van der Waals surface area contributed by atoms with E-state index in [9.17, 15) is 15.0 Å². The van der Waals surface area contributed by atoms with Gasteiger partial charge in [-0.1, -0.05) is 31.4 Å². The van der Waals surface area contributed by atoms with Crippen LogP contribution in [0.25, 0.3) is 0 Å². The van der Waals surface area contributed by atoms with E-state index in [1.165, 1.54) is 24.8 Å². The minimum atomic E-state index is -0.606. The number of rotatable bonds is 11. The van der Waals surface area contributed by atoms with Crippen molar-refractivity contribution >= 4 is 11.7 Å². The summed E-state index contributed by atoms with van der Waals surface area (Å²) >= 11 is 0. The van der Waals surface area contributed by atoms with Crippen LogP contribution in [-0.4, -0.2) is 72.1 Å². The summed E-state index contributed by atoms with van der Waals surface area (Å²) in [7, 11) is 0. The Hall–Kier alpha value is -2.97. The fraction of sp³-hybridized carbons (Fsp3) is 0.552. The number of ether oxygens (including phenoxy) is 1. The Morgan fingerprint density at radius 2 is 1.65 bits per heavy atom. The first-order valence-corrected chi connectivity index (χ1v) is 13.8. The van der Waals surface area contributed by atoms with Crippen molar-refractivity contribution in [2.45, 2.75) is 69.6 Å². The van der Waals surface area contributed by atoms with Gasteiger partial charge in [-0.15, -0.1) is 0 Å². The van der Waals surface area contributed by atoms with Gasteiger partial charge < -0.3 is 35.8 Å². The van der Waals surface area contributed by atoms with Crippen molar-refractivity contribution in [3.8, 4) is 11.5 Å². The minimum Gasteiger partial charge on any atom is -0.508 e. The highest BCUT2D eigenvalue weighted by molar-refractivity contribution is 5.74. The van der Waals surface area contributed by atoms with Gasteiger partial charge in [0.25, 0.3) is 0 Å². The molecule has 0 radical (unpaired) electrons. The lowest BCUT2D eigenvalue weighted by Gasteiger charge is -2.34. The zero-order valence-corrected chi connectivity index (χ0v) is 21.7. The summed E-state index contributed by atoms with van der Waals surface area (Å²) in [6.07, 6.45) is 8.19. The number of carbonyl (C=O) groups is 1. The molecule has 8 nitrogen and oxygen atoms in total. The first-order chi connectivity index (χ1) is 18.0. The van der Waals surface area contributed by atoms with Gasteiger partial charge in [0.2, 0.25) is 0 Å². The number of anilines is 1. The number of phenolic OH excluding ortho intramolecular Hbond substituents is 1. The van der Waals surface area contributed by atoms with Crippen molar-refractivity contribution in [3.05, 3.63) is 54.1 Å². The predicted octanol–water partition coefficient (Wildman–Crippen LogP) is 3.88. The van der Waals surface area contributed by atoms with Crippen LogP contribution < -0.4 is 20.7 Å². The number of nitrogens with zero attached hydrogens (tertiary/aromatic N) is 1. The molecule has 2 fully saturated rings. The SMILES string of the molecule is O=C(NC1CCCCC1)N1CCC(Nc2ccc(CCNC[C@H](O)COc3ccc(O)cc3)cc2)CC1. The monoisotopic (exact) mass is 510 g/mol. The maximum Gasteiger partial charge on any atom is 0.317 e. The average Bonchev–Trinajstić information content (AvgIpc) is 2.92. The normalized spacial score (nSPS) is 17.8. The number of hydrogen-bond donors (Lipinski definition) is 5. The molecule has 1 saturated carbocycles. The number of hydrogen-bond acceptors (Lipinski definition) is 6. The third-order valence-electron chi connectivity index (χ3n) is 7.29. The Morgan fingerprint density at radius 1 is 0.946 bits per heavy atom. The molecule has 1 saturated heterocycles. The average molecular weight is 511 g/mol. The van der Waals surface area contributed by atoms with Gasteiger partial charge in [-0.05, 0) is 80.6 Å². The van der Waals surface area contributed by atoms with Gasteiger partial charge in [0.1, 0.15) is 24.2 Å². The zero-order chi connectivity index (χ0) is 25.9. The number of nitrogens with one attached hydrogen (secondary N) is 3. The molecule has 1 aliphatic carbocycles. The molecule has 5 N–H and O–H groups in total. The molecule has 2 amide bonds. The van der Waals surface area contributed by atoms with Crippen LogP contribution in [0.2, 0.25) is 0 Å². The fourth-order valence-electron chi connectivity index (χ4n) is 5.04. The highest BCUT2D eigenvalue weighted by Gasteiger charge is 2.25. The van der Waals surface area contributed by atoms with Crippen molar-refractivity contribution in [1.29, 1.82) is 0 Å². The first kappa shape index (κ1) is 27.1. The number of urea groups is 1. The highest BCUT2D eigenvalue weighted by atomic mass is 16.5. The largest absolute Gasteiger partial charge is 0.508 e. The van der Waals surface area contributed by atoms with Crippen LogP contribution in [0.4, 0.5) is 10.5 Å². The maximum atomic E-state index is 12.6. The van der Waals surface area contributed by atoms with Gasteiger partial charge in [0, 0.05) is 37.4 Å². The van der Waals surface area contributed by atoms with Crippen LogP contribution >= 0.6 is 0 Å². The molecule has 0 bridgehead atoms. The number of benzene rings is 2. The summed E-state index contributed by atoms with van der Waals surface area (Å²) in [6.45, 7) is 3.01. The summed E-state index contributed by atoms with van der Waals surface area (Å²) in [5, 5.41) is 29.5.